The predicted octanol–water partition coefficient (Wildman–Crippen LogP) is 5.42. The van der Waals surface area contributed by atoms with Crippen molar-refractivity contribution in [2.45, 2.75) is 28.6 Å². The number of hydrogen-bond donors (Lipinski definition) is 2. The number of hydrogen-bond acceptors (Lipinski definition) is 7. The second kappa shape index (κ2) is 9.75. The number of halogens is 1. The van der Waals surface area contributed by atoms with E-state index in [-0.39, 0.29) is 18.0 Å². The Balaban J connectivity index is 1.24. The molecule has 0 spiro atoms. The summed E-state index contributed by atoms with van der Waals surface area (Å²) in [6.45, 7) is 0. The Labute approximate surface area is 228 Å². The SMILES string of the molecule is O=C(Cc1cccs1)N[C@@H]1C(=O)N2C(C(=O)O)=C(Sc3ccc4c(c3)oc3c(CCl)cccc34)CS[C@H]12. The molecular formula is C26H19ClN2O5S3. The van der Waals surface area contributed by atoms with Crippen LogP contribution in [0.5, 0.6) is 0 Å². The number of carbonyl (C=O) groups is 3. The van der Waals surface area contributed by atoms with Gasteiger partial charge in [-0.2, -0.15) is 0 Å². The van der Waals surface area contributed by atoms with Crippen LogP contribution in [-0.4, -0.2) is 45.0 Å². The first-order chi connectivity index (χ1) is 17.9. The molecule has 37 heavy (non-hydrogen) atoms. The molecule has 11 heteroatoms. The summed E-state index contributed by atoms with van der Waals surface area (Å²) < 4.78 is 6.09. The van der Waals surface area contributed by atoms with E-state index in [9.17, 15) is 19.5 Å². The number of thiophene rings is 1. The molecule has 1 fully saturated rings. The van der Waals surface area contributed by atoms with Gasteiger partial charge in [0.15, 0.2) is 0 Å². The van der Waals surface area contributed by atoms with Gasteiger partial charge in [0, 0.05) is 36.8 Å². The molecule has 0 saturated carbocycles. The third-order valence-corrected chi connectivity index (χ3v) is 10.0. The monoisotopic (exact) mass is 570 g/mol. The van der Waals surface area contributed by atoms with Gasteiger partial charge in [-0.1, -0.05) is 36.0 Å². The average Bonchev–Trinajstić information content (AvgIpc) is 3.53. The van der Waals surface area contributed by atoms with Crippen molar-refractivity contribution in [3.8, 4) is 0 Å². The molecule has 0 radical (unpaired) electrons. The number of carboxylic acid groups (broad SMARTS) is 1. The van der Waals surface area contributed by atoms with Gasteiger partial charge in [-0.3, -0.25) is 14.5 Å². The molecule has 1 saturated heterocycles. The lowest BCUT2D eigenvalue weighted by Crippen LogP contribution is -2.70. The van der Waals surface area contributed by atoms with Crippen molar-refractivity contribution in [1.29, 1.82) is 0 Å². The van der Waals surface area contributed by atoms with Gasteiger partial charge in [0.1, 0.15) is 28.3 Å². The van der Waals surface area contributed by atoms with Gasteiger partial charge in [0.05, 0.1) is 12.3 Å². The fourth-order valence-electron chi connectivity index (χ4n) is 4.61. The van der Waals surface area contributed by atoms with Crippen LogP contribution in [-0.2, 0) is 26.7 Å². The van der Waals surface area contributed by atoms with Crippen molar-refractivity contribution in [3.05, 3.63) is 75.0 Å². The zero-order valence-electron chi connectivity index (χ0n) is 19.1. The van der Waals surface area contributed by atoms with Crippen LogP contribution >= 0.6 is 46.5 Å². The third-order valence-electron chi connectivity index (χ3n) is 6.30. The van der Waals surface area contributed by atoms with Gasteiger partial charge in [0.2, 0.25) is 5.91 Å². The highest BCUT2D eigenvalue weighted by molar-refractivity contribution is 8.06. The van der Waals surface area contributed by atoms with Gasteiger partial charge in [-0.15, -0.1) is 34.7 Å². The normalized spacial score (nSPS) is 19.3. The number of amides is 2. The van der Waals surface area contributed by atoms with Gasteiger partial charge in [0.25, 0.3) is 5.91 Å². The van der Waals surface area contributed by atoms with Crippen molar-refractivity contribution >= 4 is 86.2 Å². The summed E-state index contributed by atoms with van der Waals surface area (Å²) >= 11 is 10.3. The Bertz CT molecular complexity index is 1600. The first-order valence-corrected chi connectivity index (χ1v) is 14.6. The number of furan rings is 1. The van der Waals surface area contributed by atoms with E-state index >= 15 is 0 Å². The van der Waals surface area contributed by atoms with Crippen molar-refractivity contribution in [3.63, 3.8) is 0 Å². The first-order valence-electron chi connectivity index (χ1n) is 11.4. The zero-order chi connectivity index (χ0) is 25.7. The van der Waals surface area contributed by atoms with E-state index < -0.39 is 23.3 Å². The zero-order valence-corrected chi connectivity index (χ0v) is 22.3. The van der Waals surface area contributed by atoms with Crippen LogP contribution in [0.2, 0.25) is 0 Å². The molecular weight excluding hydrogens is 552 g/mol. The Morgan fingerprint density at radius 3 is 2.81 bits per heavy atom. The lowest BCUT2D eigenvalue weighted by atomic mass is 10.0. The standard InChI is InChI=1S/C26H19ClN2O5S3/c27-11-13-3-1-5-17-16-7-6-15(9-18(16)34-23(13)17)37-19-12-36-25-21(24(31)29(25)22(19)26(32)33)28-20(30)10-14-4-2-8-35-14/h1-9,21,25H,10-12H2,(H,28,30)(H,32,33)/t21-,25-/m1/s1. The van der Waals surface area contributed by atoms with Gasteiger partial charge in [-0.05, 0) is 29.6 Å². The minimum atomic E-state index is -1.17. The van der Waals surface area contributed by atoms with Crippen molar-refractivity contribution in [1.82, 2.24) is 10.2 Å². The molecule has 2 amide bonds. The summed E-state index contributed by atoms with van der Waals surface area (Å²) in [5.41, 5.74) is 2.31. The molecule has 188 valence electrons. The number of fused-ring (bicyclic) bond motifs is 4. The van der Waals surface area contributed by atoms with E-state index in [0.717, 1.165) is 31.7 Å². The topological polar surface area (TPSA) is 99.9 Å². The van der Waals surface area contributed by atoms with Gasteiger partial charge in [-0.25, -0.2) is 4.79 Å². The number of β-lactam (4-membered cyclic amide) rings is 1. The van der Waals surface area contributed by atoms with Crippen LogP contribution < -0.4 is 5.32 Å². The molecule has 7 nitrogen and oxygen atoms in total. The number of carbonyl (C=O) groups excluding carboxylic acids is 2. The molecule has 2 aromatic carbocycles. The maximum absolute atomic E-state index is 12.9. The second-order valence-corrected chi connectivity index (χ2v) is 12.2. The molecule has 0 bridgehead atoms. The second-order valence-electron chi connectivity index (χ2n) is 8.58. The van der Waals surface area contributed by atoms with Crippen molar-refractivity contribution < 1.29 is 23.9 Å². The molecule has 4 heterocycles. The summed E-state index contributed by atoms with van der Waals surface area (Å²) in [7, 11) is 0. The van der Waals surface area contributed by atoms with E-state index in [2.05, 4.69) is 5.32 Å². The summed E-state index contributed by atoms with van der Waals surface area (Å²) in [6.07, 6.45) is 0.193. The quantitative estimate of drug-likeness (QED) is 0.226. The number of para-hydroxylation sites is 1. The Kier molecular flexibility index (Phi) is 6.44. The van der Waals surface area contributed by atoms with Crippen LogP contribution in [0, 0.1) is 0 Å². The van der Waals surface area contributed by atoms with E-state index in [4.69, 9.17) is 16.0 Å². The van der Waals surface area contributed by atoms with Crippen LogP contribution in [0.1, 0.15) is 10.4 Å². The molecule has 2 aromatic heterocycles. The Morgan fingerprint density at radius 1 is 1.19 bits per heavy atom. The van der Waals surface area contributed by atoms with E-state index in [1.807, 2.05) is 53.9 Å². The third kappa shape index (κ3) is 4.31. The van der Waals surface area contributed by atoms with E-state index in [1.54, 1.807) is 0 Å². The van der Waals surface area contributed by atoms with Crippen molar-refractivity contribution in [2.75, 3.05) is 5.75 Å². The molecule has 2 atom stereocenters. The maximum atomic E-state index is 12.9. The van der Waals surface area contributed by atoms with Gasteiger partial charge >= 0.3 is 5.97 Å². The molecule has 4 aromatic rings. The summed E-state index contributed by atoms with van der Waals surface area (Å²) in [5, 5.41) is 16.2. The lowest BCUT2D eigenvalue weighted by molar-refractivity contribution is -0.150. The van der Waals surface area contributed by atoms with Gasteiger partial charge < -0.3 is 14.8 Å². The number of carboxylic acids is 1. The maximum Gasteiger partial charge on any atom is 0.353 e. The molecule has 6 rings (SSSR count). The number of nitrogens with one attached hydrogen (secondary N) is 1. The molecule has 2 aliphatic rings. The summed E-state index contributed by atoms with van der Waals surface area (Å²) in [5.74, 6) is -1.08. The fraction of sp³-hybridized carbons (Fsp3) is 0.192. The number of aliphatic carboxylic acids is 1. The van der Waals surface area contributed by atoms with E-state index in [0.29, 0.717) is 22.1 Å². The molecule has 2 N–H and O–H groups in total. The Hall–Kier alpha value is -2.92. The van der Waals surface area contributed by atoms with Crippen LogP contribution in [0.15, 0.2) is 73.8 Å². The Morgan fingerprint density at radius 2 is 2.05 bits per heavy atom. The molecule has 2 aliphatic heterocycles. The number of alkyl halides is 1. The number of rotatable bonds is 7. The average molecular weight is 571 g/mol. The predicted molar refractivity (Wildman–Crippen MR) is 147 cm³/mol. The fourth-order valence-corrected chi connectivity index (χ4v) is 8.03. The van der Waals surface area contributed by atoms with Crippen LogP contribution in [0.4, 0.5) is 0 Å². The lowest BCUT2D eigenvalue weighted by Gasteiger charge is -2.49. The summed E-state index contributed by atoms with van der Waals surface area (Å²) in [4.78, 5) is 41.2. The largest absolute Gasteiger partial charge is 0.477 e. The highest BCUT2D eigenvalue weighted by Gasteiger charge is 2.54. The summed E-state index contributed by atoms with van der Waals surface area (Å²) in [6, 6.07) is 14.6. The highest BCUT2D eigenvalue weighted by atomic mass is 35.5. The first kappa shape index (κ1) is 24.4. The minimum absolute atomic E-state index is 0.0309. The van der Waals surface area contributed by atoms with Crippen LogP contribution in [0.3, 0.4) is 0 Å². The number of benzene rings is 2. The highest BCUT2D eigenvalue weighted by Crippen LogP contribution is 2.46. The molecule has 0 aliphatic carbocycles. The van der Waals surface area contributed by atoms with Crippen LogP contribution in [0.25, 0.3) is 21.9 Å². The van der Waals surface area contributed by atoms with E-state index in [1.165, 1.54) is 39.8 Å². The number of thioether (sulfide) groups is 2. The minimum Gasteiger partial charge on any atom is -0.477 e. The van der Waals surface area contributed by atoms with Crippen molar-refractivity contribution in [2.24, 2.45) is 0 Å². The number of nitrogens with zero attached hydrogens (tertiary/aromatic N) is 1. The smallest absolute Gasteiger partial charge is 0.353 e. The molecule has 0 unspecified atom stereocenters.